The van der Waals surface area contributed by atoms with Crippen molar-refractivity contribution in [3.8, 4) is 5.75 Å². The molecule has 0 radical (unpaired) electrons. The van der Waals surface area contributed by atoms with E-state index in [2.05, 4.69) is 9.64 Å². The summed E-state index contributed by atoms with van der Waals surface area (Å²) in [4.78, 5) is 2.10. The fourth-order valence-electron chi connectivity index (χ4n) is 2.37. The van der Waals surface area contributed by atoms with Gasteiger partial charge in [0.15, 0.2) is 0 Å². The van der Waals surface area contributed by atoms with Gasteiger partial charge < -0.3 is 9.84 Å². The number of alkyl halides is 2. The third-order valence-corrected chi connectivity index (χ3v) is 3.27. The van der Waals surface area contributed by atoms with Crippen LogP contribution in [-0.2, 0) is 6.54 Å². The minimum absolute atomic E-state index is 0.109. The average Bonchev–Trinajstić information content (AvgIpc) is 2.78. The third-order valence-electron chi connectivity index (χ3n) is 3.27. The maximum absolute atomic E-state index is 12.3. The summed E-state index contributed by atoms with van der Waals surface area (Å²) in [6.07, 6.45) is 1.98. The molecule has 0 aliphatic carbocycles. The van der Waals surface area contributed by atoms with E-state index >= 15 is 0 Å². The Morgan fingerprint density at radius 3 is 2.89 bits per heavy atom. The molecule has 0 aromatic heterocycles. The van der Waals surface area contributed by atoms with Gasteiger partial charge in [-0.2, -0.15) is 8.78 Å². The summed E-state index contributed by atoms with van der Waals surface area (Å²) in [6, 6.07) is 6.94. The number of para-hydroxylation sites is 1. The predicted octanol–water partition coefficient (Wildman–Crippen LogP) is 2.24. The van der Waals surface area contributed by atoms with Crippen molar-refractivity contribution in [3.63, 3.8) is 0 Å². The molecular formula is C13H17F2NO2. The molecule has 1 heterocycles. The topological polar surface area (TPSA) is 32.7 Å². The van der Waals surface area contributed by atoms with E-state index in [-0.39, 0.29) is 18.4 Å². The first-order valence-electron chi connectivity index (χ1n) is 6.08. The number of likely N-dealkylation sites (tertiary alicyclic amines) is 1. The summed E-state index contributed by atoms with van der Waals surface area (Å²) in [5, 5.41) is 9.24. The van der Waals surface area contributed by atoms with Gasteiger partial charge in [-0.05, 0) is 25.5 Å². The molecular weight excluding hydrogens is 240 g/mol. The van der Waals surface area contributed by atoms with Crippen LogP contribution in [-0.4, -0.2) is 35.8 Å². The second kappa shape index (κ2) is 6.11. The molecule has 0 saturated carbocycles. The molecule has 3 nitrogen and oxygen atoms in total. The van der Waals surface area contributed by atoms with E-state index in [1.807, 2.05) is 0 Å². The molecule has 1 fully saturated rings. The third kappa shape index (κ3) is 3.17. The van der Waals surface area contributed by atoms with Crippen LogP contribution >= 0.6 is 0 Å². The van der Waals surface area contributed by atoms with Crippen LogP contribution in [0.15, 0.2) is 24.3 Å². The smallest absolute Gasteiger partial charge is 0.387 e. The van der Waals surface area contributed by atoms with Gasteiger partial charge in [0, 0.05) is 18.2 Å². The monoisotopic (exact) mass is 257 g/mol. The van der Waals surface area contributed by atoms with Gasteiger partial charge in [-0.1, -0.05) is 18.2 Å². The van der Waals surface area contributed by atoms with E-state index in [4.69, 9.17) is 0 Å². The molecule has 18 heavy (non-hydrogen) atoms. The number of nitrogens with zero attached hydrogens (tertiary/aromatic N) is 1. The minimum atomic E-state index is -2.81. The Morgan fingerprint density at radius 2 is 2.17 bits per heavy atom. The van der Waals surface area contributed by atoms with Gasteiger partial charge in [-0.25, -0.2) is 0 Å². The first kappa shape index (κ1) is 13.2. The summed E-state index contributed by atoms with van der Waals surface area (Å²) in [7, 11) is 0. The number of aliphatic hydroxyl groups excluding tert-OH is 1. The summed E-state index contributed by atoms with van der Waals surface area (Å²) >= 11 is 0. The highest BCUT2D eigenvalue weighted by molar-refractivity contribution is 5.33. The van der Waals surface area contributed by atoms with Crippen LogP contribution in [0, 0.1) is 0 Å². The van der Waals surface area contributed by atoms with Gasteiger partial charge in [0.25, 0.3) is 0 Å². The fraction of sp³-hybridized carbons (Fsp3) is 0.538. The van der Waals surface area contributed by atoms with Crippen molar-refractivity contribution < 1.29 is 18.6 Å². The van der Waals surface area contributed by atoms with Crippen molar-refractivity contribution in [1.82, 2.24) is 4.90 Å². The quantitative estimate of drug-likeness (QED) is 0.878. The molecule has 1 aromatic rings. The van der Waals surface area contributed by atoms with Gasteiger partial charge in [0.05, 0.1) is 6.61 Å². The van der Waals surface area contributed by atoms with Crippen LogP contribution in [0.1, 0.15) is 18.4 Å². The highest BCUT2D eigenvalue weighted by Crippen LogP contribution is 2.25. The van der Waals surface area contributed by atoms with E-state index in [1.54, 1.807) is 24.3 Å². The molecule has 1 saturated heterocycles. The highest BCUT2D eigenvalue weighted by Gasteiger charge is 2.24. The number of benzene rings is 1. The maximum atomic E-state index is 12.3. The Hall–Kier alpha value is -1.20. The van der Waals surface area contributed by atoms with Gasteiger partial charge in [0.1, 0.15) is 5.75 Å². The number of hydrogen-bond acceptors (Lipinski definition) is 3. The number of halogens is 2. The summed E-state index contributed by atoms with van der Waals surface area (Å²) in [5.74, 6) is 0.219. The molecule has 1 aliphatic rings. The van der Waals surface area contributed by atoms with E-state index in [0.717, 1.165) is 24.9 Å². The van der Waals surface area contributed by atoms with Crippen molar-refractivity contribution in [2.24, 2.45) is 0 Å². The lowest BCUT2D eigenvalue weighted by Crippen LogP contribution is -2.31. The minimum Gasteiger partial charge on any atom is -0.434 e. The molecule has 5 heteroatoms. The summed E-state index contributed by atoms with van der Waals surface area (Å²) in [5.41, 5.74) is 0.734. The van der Waals surface area contributed by atoms with Crippen LogP contribution < -0.4 is 4.74 Å². The molecule has 1 aliphatic heterocycles. The molecule has 0 bridgehead atoms. The highest BCUT2D eigenvalue weighted by atomic mass is 19.3. The van der Waals surface area contributed by atoms with E-state index in [0.29, 0.717) is 6.54 Å². The van der Waals surface area contributed by atoms with Crippen molar-refractivity contribution in [3.05, 3.63) is 29.8 Å². The van der Waals surface area contributed by atoms with E-state index in [1.165, 1.54) is 0 Å². The summed E-state index contributed by atoms with van der Waals surface area (Å²) in [6.45, 7) is -1.28. The second-order valence-corrected chi connectivity index (χ2v) is 4.44. The molecule has 1 N–H and O–H groups in total. The molecule has 0 amide bonds. The number of ether oxygens (including phenoxy) is 1. The van der Waals surface area contributed by atoms with Gasteiger partial charge in [0.2, 0.25) is 0 Å². The standard InChI is InChI=1S/C13H17F2NO2/c14-13(15)18-12-6-2-1-4-10(12)8-16-7-3-5-11(16)9-17/h1-2,4,6,11,13,17H,3,5,7-9H2/t11-/m0/s1. The molecule has 100 valence electrons. The van der Waals surface area contributed by atoms with Crippen molar-refractivity contribution >= 4 is 0 Å². The van der Waals surface area contributed by atoms with Gasteiger partial charge in [-0.15, -0.1) is 0 Å². The Bertz CT molecular complexity index is 387. The lowest BCUT2D eigenvalue weighted by atomic mass is 10.1. The average molecular weight is 257 g/mol. The van der Waals surface area contributed by atoms with E-state index in [9.17, 15) is 13.9 Å². The number of aliphatic hydroxyl groups is 1. The maximum Gasteiger partial charge on any atom is 0.387 e. The Labute approximate surface area is 105 Å². The molecule has 1 atom stereocenters. The normalized spacial score (nSPS) is 20.6. The SMILES string of the molecule is OC[C@@H]1CCCN1Cc1ccccc1OC(F)F. The molecule has 0 unspecified atom stereocenters. The molecule has 2 rings (SSSR count). The Morgan fingerprint density at radius 1 is 1.39 bits per heavy atom. The zero-order valence-corrected chi connectivity index (χ0v) is 10.1. The van der Waals surface area contributed by atoms with Crippen molar-refractivity contribution in [1.29, 1.82) is 0 Å². The lowest BCUT2D eigenvalue weighted by molar-refractivity contribution is -0.0508. The van der Waals surface area contributed by atoms with Crippen LogP contribution in [0.4, 0.5) is 8.78 Å². The number of hydrogen-bond donors (Lipinski definition) is 1. The van der Waals surface area contributed by atoms with Crippen molar-refractivity contribution in [2.45, 2.75) is 32.0 Å². The molecule has 1 aromatic carbocycles. The zero-order chi connectivity index (χ0) is 13.0. The van der Waals surface area contributed by atoms with Gasteiger partial charge in [-0.3, -0.25) is 4.90 Å². The lowest BCUT2D eigenvalue weighted by Gasteiger charge is -2.23. The van der Waals surface area contributed by atoms with Crippen molar-refractivity contribution in [2.75, 3.05) is 13.2 Å². The largest absolute Gasteiger partial charge is 0.434 e. The Kier molecular flexibility index (Phi) is 4.49. The van der Waals surface area contributed by atoms with E-state index < -0.39 is 6.61 Å². The number of rotatable bonds is 5. The first-order valence-corrected chi connectivity index (χ1v) is 6.08. The molecule has 0 spiro atoms. The fourth-order valence-corrected chi connectivity index (χ4v) is 2.37. The van der Waals surface area contributed by atoms with Crippen LogP contribution in [0.5, 0.6) is 5.75 Å². The zero-order valence-electron chi connectivity index (χ0n) is 10.1. The first-order chi connectivity index (χ1) is 8.70. The predicted molar refractivity (Wildman–Crippen MR) is 63.6 cm³/mol. The summed E-state index contributed by atoms with van der Waals surface area (Å²) < 4.78 is 29.1. The van der Waals surface area contributed by atoms with Crippen LogP contribution in [0.25, 0.3) is 0 Å². The Balaban J connectivity index is 2.08. The van der Waals surface area contributed by atoms with Crippen LogP contribution in [0.3, 0.4) is 0 Å². The van der Waals surface area contributed by atoms with Crippen LogP contribution in [0.2, 0.25) is 0 Å². The van der Waals surface area contributed by atoms with Gasteiger partial charge >= 0.3 is 6.61 Å². The second-order valence-electron chi connectivity index (χ2n) is 4.44.